The first kappa shape index (κ1) is 24.0. The van der Waals surface area contributed by atoms with Gasteiger partial charge in [-0.05, 0) is 43.2 Å². The number of aromatic nitrogens is 2. The molecule has 34 heavy (non-hydrogen) atoms. The van der Waals surface area contributed by atoms with E-state index < -0.39 is 28.1 Å². The quantitative estimate of drug-likeness (QED) is 0.510. The molecule has 184 valence electrons. The zero-order chi connectivity index (χ0) is 24.2. The number of rotatable bonds is 7. The van der Waals surface area contributed by atoms with Gasteiger partial charge in [0.2, 0.25) is 10.0 Å². The molecule has 2 aromatic rings. The van der Waals surface area contributed by atoms with Gasteiger partial charge in [-0.2, -0.15) is 4.72 Å². The lowest BCUT2D eigenvalue weighted by Gasteiger charge is -2.47. The van der Waals surface area contributed by atoms with E-state index in [9.17, 15) is 23.1 Å². The Morgan fingerprint density at radius 1 is 1.12 bits per heavy atom. The van der Waals surface area contributed by atoms with Crippen LogP contribution in [0.15, 0.2) is 46.4 Å². The molecular weight excluding hydrogens is 464 g/mol. The summed E-state index contributed by atoms with van der Waals surface area (Å²) in [5, 5.41) is 15.2. The van der Waals surface area contributed by atoms with Crippen molar-refractivity contribution in [2.45, 2.75) is 36.6 Å². The van der Waals surface area contributed by atoms with Gasteiger partial charge in [0, 0.05) is 50.8 Å². The number of hydrogen-bond donors (Lipinski definition) is 3. The molecule has 12 nitrogen and oxygen atoms in total. The highest BCUT2D eigenvalue weighted by Crippen LogP contribution is 2.42. The Labute approximate surface area is 197 Å². The molecular formula is C21H28N6O6S. The first-order valence-corrected chi connectivity index (χ1v) is 12.6. The van der Waals surface area contributed by atoms with Gasteiger partial charge in [-0.15, -0.1) is 0 Å². The van der Waals surface area contributed by atoms with Crippen LogP contribution in [0.4, 0.5) is 10.5 Å². The summed E-state index contributed by atoms with van der Waals surface area (Å²) in [6.07, 6.45) is 9.32. The van der Waals surface area contributed by atoms with Gasteiger partial charge in [0.25, 0.3) is 0 Å². The lowest BCUT2D eigenvalue weighted by molar-refractivity contribution is -0.138. The summed E-state index contributed by atoms with van der Waals surface area (Å²) in [7, 11) is -4.14. The third-order valence-electron chi connectivity index (χ3n) is 6.74. The summed E-state index contributed by atoms with van der Waals surface area (Å²) in [5.41, 5.74) is 1.38. The van der Waals surface area contributed by atoms with Gasteiger partial charge in [0.05, 0.1) is 6.20 Å². The molecule has 0 unspecified atom stereocenters. The molecule has 0 aromatic carbocycles. The zero-order valence-electron chi connectivity index (χ0n) is 18.6. The molecule has 13 heteroatoms. The highest BCUT2D eigenvalue weighted by Gasteiger charge is 2.39. The summed E-state index contributed by atoms with van der Waals surface area (Å²) in [4.78, 5) is 32.0. The third kappa shape index (κ3) is 5.47. The van der Waals surface area contributed by atoms with Crippen molar-refractivity contribution in [3.05, 3.63) is 37.0 Å². The van der Waals surface area contributed by atoms with E-state index in [0.717, 1.165) is 51.2 Å². The standard InChI is InChI=1S/C21H28N6O6S/c28-19(29)18(25-34(31,32)17-13-24-33-15-17)14-23-20(30)27-11-5-21(6-12-27)3-9-26(10-4-21)16-1-7-22-8-2-16/h1-2,7-8,13,15,18,25H,3-6,9-12,14H2,(H,23,30)(H,28,29)/t18-/m0/s1. The van der Waals surface area contributed by atoms with Crippen LogP contribution in [0.3, 0.4) is 0 Å². The van der Waals surface area contributed by atoms with E-state index in [1.165, 1.54) is 5.69 Å². The second-order valence-corrected chi connectivity index (χ2v) is 10.5. The Hall–Kier alpha value is -3.19. The summed E-state index contributed by atoms with van der Waals surface area (Å²) < 4.78 is 31.0. The normalized spacial score (nSPS) is 19.1. The van der Waals surface area contributed by atoms with Gasteiger partial charge in [-0.25, -0.2) is 13.2 Å². The fraction of sp³-hybridized carbons (Fsp3) is 0.524. The molecule has 3 N–H and O–H groups in total. The Morgan fingerprint density at radius 3 is 2.35 bits per heavy atom. The van der Waals surface area contributed by atoms with Gasteiger partial charge in [-0.1, -0.05) is 5.16 Å². The molecule has 0 saturated carbocycles. The van der Waals surface area contributed by atoms with Gasteiger partial charge in [0.15, 0.2) is 0 Å². The maximum atomic E-state index is 12.6. The first-order chi connectivity index (χ1) is 16.3. The molecule has 2 aliphatic heterocycles. The molecule has 0 radical (unpaired) electrons. The molecule has 2 aliphatic rings. The highest BCUT2D eigenvalue weighted by atomic mass is 32.2. The van der Waals surface area contributed by atoms with Crippen molar-refractivity contribution in [1.29, 1.82) is 0 Å². The number of urea groups is 1. The molecule has 0 aliphatic carbocycles. The number of carbonyl (C=O) groups is 2. The van der Waals surface area contributed by atoms with E-state index in [2.05, 4.69) is 24.9 Å². The van der Waals surface area contributed by atoms with Gasteiger partial charge >= 0.3 is 12.0 Å². The van der Waals surface area contributed by atoms with Crippen molar-refractivity contribution in [2.24, 2.45) is 5.41 Å². The second kappa shape index (κ2) is 9.97. The molecule has 4 heterocycles. The number of anilines is 1. The van der Waals surface area contributed by atoms with Gasteiger partial charge < -0.3 is 24.7 Å². The van der Waals surface area contributed by atoms with Crippen LogP contribution < -0.4 is 14.9 Å². The summed E-state index contributed by atoms with van der Waals surface area (Å²) in [6, 6.07) is 2.10. The number of carboxylic acids is 1. The van der Waals surface area contributed by atoms with Crippen molar-refractivity contribution in [2.75, 3.05) is 37.6 Å². The Bertz CT molecular complexity index is 1080. The predicted molar refractivity (Wildman–Crippen MR) is 121 cm³/mol. The fourth-order valence-electron chi connectivity index (χ4n) is 4.54. The molecule has 2 saturated heterocycles. The van der Waals surface area contributed by atoms with E-state index in [1.54, 1.807) is 17.3 Å². The molecule has 2 amide bonds. The number of nitrogens with zero attached hydrogens (tertiary/aromatic N) is 4. The van der Waals surface area contributed by atoms with Crippen LogP contribution in [0.2, 0.25) is 0 Å². The van der Waals surface area contributed by atoms with Crippen LogP contribution in [-0.4, -0.2) is 79.3 Å². The number of nitrogens with one attached hydrogen (secondary N) is 2. The number of pyridine rings is 1. The fourth-order valence-corrected chi connectivity index (χ4v) is 5.59. The lowest BCUT2D eigenvalue weighted by atomic mass is 9.71. The van der Waals surface area contributed by atoms with Crippen molar-refractivity contribution in [3.63, 3.8) is 0 Å². The number of amides is 2. The number of piperidine rings is 2. The number of aliphatic carboxylic acids is 1. The third-order valence-corrected chi connectivity index (χ3v) is 8.15. The zero-order valence-corrected chi connectivity index (χ0v) is 19.4. The minimum Gasteiger partial charge on any atom is -0.480 e. The van der Waals surface area contributed by atoms with Crippen LogP contribution in [0, 0.1) is 5.41 Å². The minimum atomic E-state index is -4.14. The van der Waals surface area contributed by atoms with Crippen molar-refractivity contribution >= 4 is 27.7 Å². The van der Waals surface area contributed by atoms with E-state index >= 15 is 0 Å². The smallest absolute Gasteiger partial charge is 0.323 e. The van der Waals surface area contributed by atoms with Crippen LogP contribution in [0.1, 0.15) is 25.7 Å². The van der Waals surface area contributed by atoms with E-state index in [1.807, 2.05) is 16.9 Å². The van der Waals surface area contributed by atoms with Crippen molar-refractivity contribution in [3.8, 4) is 0 Å². The minimum absolute atomic E-state index is 0.207. The number of likely N-dealkylation sites (tertiary alicyclic amines) is 1. The number of hydrogen-bond acceptors (Lipinski definition) is 8. The number of carbonyl (C=O) groups excluding carboxylic acids is 1. The molecule has 2 fully saturated rings. The summed E-state index contributed by atoms with van der Waals surface area (Å²) >= 11 is 0. The lowest BCUT2D eigenvalue weighted by Crippen LogP contribution is -2.53. The topological polar surface area (TPSA) is 158 Å². The summed E-state index contributed by atoms with van der Waals surface area (Å²) in [6.45, 7) is 2.68. The second-order valence-electron chi connectivity index (χ2n) is 8.74. The molecule has 4 rings (SSSR count). The summed E-state index contributed by atoms with van der Waals surface area (Å²) in [5.74, 6) is -1.40. The molecule has 0 bridgehead atoms. The largest absolute Gasteiger partial charge is 0.480 e. The SMILES string of the molecule is O=C(O)[C@H](CNC(=O)N1CCC2(CC1)CCN(c1ccncc1)CC2)NS(=O)(=O)c1cnoc1. The number of carboxylic acid groups (broad SMARTS) is 1. The Kier molecular flexibility index (Phi) is 7.03. The van der Waals surface area contributed by atoms with Crippen molar-refractivity contribution in [1.82, 2.24) is 25.1 Å². The molecule has 1 atom stereocenters. The average molecular weight is 493 g/mol. The number of sulfonamides is 1. The van der Waals surface area contributed by atoms with Crippen molar-refractivity contribution < 1.29 is 27.6 Å². The predicted octanol–water partition coefficient (Wildman–Crippen LogP) is 0.893. The first-order valence-electron chi connectivity index (χ1n) is 11.1. The van der Waals surface area contributed by atoms with Crippen LogP contribution in [0.25, 0.3) is 0 Å². The Balaban J connectivity index is 1.25. The Morgan fingerprint density at radius 2 is 1.76 bits per heavy atom. The maximum absolute atomic E-state index is 12.6. The van der Waals surface area contributed by atoms with Crippen LogP contribution in [0.5, 0.6) is 0 Å². The monoisotopic (exact) mass is 492 g/mol. The van der Waals surface area contributed by atoms with E-state index in [-0.39, 0.29) is 16.9 Å². The van der Waals surface area contributed by atoms with E-state index in [0.29, 0.717) is 13.1 Å². The van der Waals surface area contributed by atoms with E-state index in [4.69, 9.17) is 0 Å². The highest BCUT2D eigenvalue weighted by molar-refractivity contribution is 7.89. The van der Waals surface area contributed by atoms with Crippen LogP contribution >= 0.6 is 0 Å². The van der Waals surface area contributed by atoms with Crippen LogP contribution in [-0.2, 0) is 14.8 Å². The molecule has 1 spiro atoms. The van der Waals surface area contributed by atoms with Gasteiger partial charge in [0.1, 0.15) is 17.2 Å². The molecule has 2 aromatic heterocycles. The maximum Gasteiger partial charge on any atom is 0.323 e. The van der Waals surface area contributed by atoms with Gasteiger partial charge in [-0.3, -0.25) is 9.78 Å². The average Bonchev–Trinajstić information content (AvgIpc) is 3.39.